The molecule has 1 N–H and O–H groups in total. The fourth-order valence-corrected chi connectivity index (χ4v) is 5.82. The first kappa shape index (κ1) is 27.0. The number of fused-ring (bicyclic) bond motifs is 3. The third-order valence-corrected chi connectivity index (χ3v) is 8.14. The Morgan fingerprint density at radius 2 is 1.50 bits per heavy atom. The third-order valence-electron chi connectivity index (χ3n) is 8.14. The van der Waals surface area contributed by atoms with Crippen molar-refractivity contribution in [2.24, 2.45) is 7.05 Å². The fourth-order valence-electron chi connectivity index (χ4n) is 5.82. The Kier molecular flexibility index (Phi) is 6.81. The molecule has 0 radical (unpaired) electrons. The van der Waals surface area contributed by atoms with Crippen molar-refractivity contribution >= 4 is 44.7 Å². The lowest BCUT2D eigenvalue weighted by atomic mass is 10.1. The first-order valence-corrected chi connectivity index (χ1v) is 14.5. The molecule has 2 aromatic heterocycles. The molecule has 5 aromatic carbocycles. The molecule has 0 aliphatic rings. The summed E-state index contributed by atoms with van der Waals surface area (Å²) < 4.78 is 9.22. The number of aromatic amines is 1. The van der Waals surface area contributed by atoms with E-state index in [0.717, 1.165) is 66.7 Å². The molecule has 0 aliphatic heterocycles. The van der Waals surface area contributed by atoms with Crippen LogP contribution < -0.4 is 14.9 Å². The summed E-state index contributed by atoms with van der Waals surface area (Å²) in [6.07, 6.45) is 6.08. The lowest BCUT2D eigenvalue weighted by Crippen LogP contribution is -2.42. The van der Waals surface area contributed by atoms with Crippen LogP contribution in [0.25, 0.3) is 50.4 Å². The van der Waals surface area contributed by atoms with Crippen molar-refractivity contribution in [2.45, 2.75) is 6.92 Å². The first-order valence-electron chi connectivity index (χ1n) is 14.5. The van der Waals surface area contributed by atoms with Gasteiger partial charge in [-0.2, -0.15) is 4.57 Å². The Morgan fingerprint density at radius 3 is 2.32 bits per heavy atom. The van der Waals surface area contributed by atoms with Gasteiger partial charge >= 0.3 is 5.56 Å². The third kappa shape index (κ3) is 4.83. The average Bonchev–Trinajstić information content (AvgIpc) is 3.48. The maximum Gasteiger partial charge on any atom is 0.350 e. The van der Waals surface area contributed by atoms with Gasteiger partial charge in [0.1, 0.15) is 22.3 Å². The molecule has 44 heavy (non-hydrogen) atoms. The van der Waals surface area contributed by atoms with E-state index in [1.807, 2.05) is 105 Å². The van der Waals surface area contributed by atoms with E-state index in [-0.39, 0.29) is 5.56 Å². The number of methoxy groups -OCH3 is 1. The highest BCUT2D eigenvalue weighted by Crippen LogP contribution is 2.23. The highest BCUT2D eigenvalue weighted by molar-refractivity contribution is 5.91. The molecular weight excluding hydrogens is 542 g/mol. The summed E-state index contributed by atoms with van der Waals surface area (Å²) in [5.74, 6) is 8.23. The van der Waals surface area contributed by atoms with Gasteiger partial charge in [0.05, 0.1) is 14.2 Å². The van der Waals surface area contributed by atoms with Crippen LogP contribution in [0.15, 0.2) is 114 Å². The lowest BCUT2D eigenvalue weighted by molar-refractivity contribution is -0.651. The van der Waals surface area contributed by atoms with Gasteiger partial charge in [-0.3, -0.25) is 0 Å². The number of benzene rings is 5. The molecule has 7 rings (SSSR count). The van der Waals surface area contributed by atoms with Crippen LogP contribution in [0.4, 0.5) is 0 Å². The Labute approximate surface area is 255 Å². The van der Waals surface area contributed by atoms with E-state index >= 15 is 0 Å². The van der Waals surface area contributed by atoms with Gasteiger partial charge in [0.2, 0.25) is 0 Å². The van der Waals surface area contributed by atoms with Crippen LogP contribution in [-0.4, -0.2) is 16.7 Å². The van der Waals surface area contributed by atoms with Crippen molar-refractivity contribution in [3.8, 4) is 23.3 Å². The number of nitrogens with zero attached hydrogens (tertiary/aromatic N) is 2. The summed E-state index contributed by atoms with van der Waals surface area (Å²) in [6, 6.07) is 34.2. The number of para-hydroxylation sites is 2. The molecule has 5 heteroatoms. The predicted octanol–water partition coefficient (Wildman–Crippen LogP) is 7.34. The van der Waals surface area contributed by atoms with Gasteiger partial charge in [0, 0.05) is 39.9 Å². The molecule has 212 valence electrons. The summed E-state index contributed by atoms with van der Waals surface area (Å²) in [6.45, 7) is 2.03. The SMILES string of the molecule is COc1ccc2cc(C#Cc3ccc(-n4c(C=Cc5c[nH]c6ccccc56)[n+](C)c5ccccc5c4=O)c(C)c3)ccc2c1. The number of hydrogen-bond acceptors (Lipinski definition) is 2. The second-order valence-corrected chi connectivity index (χ2v) is 10.9. The molecule has 0 unspecified atom stereocenters. The molecule has 0 saturated heterocycles. The van der Waals surface area contributed by atoms with E-state index in [0.29, 0.717) is 5.39 Å². The van der Waals surface area contributed by atoms with Crippen LogP contribution in [0.2, 0.25) is 0 Å². The maximum atomic E-state index is 14.0. The summed E-state index contributed by atoms with van der Waals surface area (Å²) in [7, 11) is 3.68. The monoisotopic (exact) mass is 572 g/mol. The zero-order chi connectivity index (χ0) is 30.2. The summed E-state index contributed by atoms with van der Waals surface area (Å²) >= 11 is 0. The molecule has 7 aromatic rings. The van der Waals surface area contributed by atoms with Crippen LogP contribution in [0.3, 0.4) is 0 Å². The molecule has 0 fully saturated rings. The van der Waals surface area contributed by atoms with Crippen LogP contribution in [-0.2, 0) is 7.05 Å². The summed E-state index contributed by atoms with van der Waals surface area (Å²) in [5, 5.41) is 4.02. The largest absolute Gasteiger partial charge is 0.497 e. The van der Waals surface area contributed by atoms with Crippen molar-refractivity contribution in [2.75, 3.05) is 7.11 Å². The topological polar surface area (TPSA) is 50.9 Å². The zero-order valence-corrected chi connectivity index (χ0v) is 24.8. The number of ether oxygens (including phenoxy) is 1. The van der Waals surface area contributed by atoms with Gasteiger partial charge in [-0.15, -0.1) is 0 Å². The Morgan fingerprint density at radius 1 is 0.795 bits per heavy atom. The van der Waals surface area contributed by atoms with Crippen LogP contribution in [0, 0.1) is 18.8 Å². The van der Waals surface area contributed by atoms with Crippen LogP contribution in [0.5, 0.6) is 5.75 Å². The Balaban J connectivity index is 1.30. The second-order valence-electron chi connectivity index (χ2n) is 10.9. The number of H-pyrrole nitrogens is 1. The van der Waals surface area contributed by atoms with Gasteiger partial charge in [0.15, 0.2) is 0 Å². The number of rotatable bonds is 4. The molecule has 0 saturated carbocycles. The molecule has 0 aliphatic carbocycles. The highest BCUT2D eigenvalue weighted by Gasteiger charge is 2.23. The van der Waals surface area contributed by atoms with E-state index in [9.17, 15) is 4.79 Å². The lowest BCUT2D eigenvalue weighted by Gasteiger charge is -2.11. The summed E-state index contributed by atoms with van der Waals surface area (Å²) in [5.41, 5.74) is 6.55. The van der Waals surface area contributed by atoms with E-state index in [1.165, 1.54) is 0 Å². The van der Waals surface area contributed by atoms with Crippen molar-refractivity contribution in [1.82, 2.24) is 9.55 Å². The van der Waals surface area contributed by atoms with Crippen molar-refractivity contribution < 1.29 is 9.30 Å². The minimum absolute atomic E-state index is 0.0630. The molecule has 0 spiro atoms. The van der Waals surface area contributed by atoms with Gasteiger partial charge in [-0.25, -0.2) is 9.36 Å². The molecule has 5 nitrogen and oxygen atoms in total. The quantitative estimate of drug-likeness (QED) is 0.177. The van der Waals surface area contributed by atoms with E-state index in [4.69, 9.17) is 4.74 Å². The maximum absolute atomic E-state index is 14.0. The first-order chi connectivity index (χ1) is 21.5. The van der Waals surface area contributed by atoms with Gasteiger partial charge in [0.25, 0.3) is 5.82 Å². The van der Waals surface area contributed by atoms with Gasteiger partial charge < -0.3 is 9.72 Å². The van der Waals surface area contributed by atoms with Gasteiger partial charge in [-0.1, -0.05) is 54.3 Å². The minimum Gasteiger partial charge on any atom is -0.497 e. The second kappa shape index (κ2) is 11.1. The predicted molar refractivity (Wildman–Crippen MR) is 179 cm³/mol. The zero-order valence-electron chi connectivity index (χ0n) is 24.8. The smallest absolute Gasteiger partial charge is 0.350 e. The number of aryl methyl sites for hydroxylation is 2. The standard InChI is InChI=1S/C39H29N3O2/c1-26-22-27(12-13-28-14-16-30-24-32(44-3)19-17-29(30)23-28)15-20-36(26)42-38(41(2)37-11-7-5-9-34(37)39(42)43)21-18-31-25-40-35-10-6-4-8-33(31)35/h4-11,14-25H,1-3H3/p+1. The average molecular weight is 573 g/mol. The van der Waals surface area contributed by atoms with E-state index in [1.54, 1.807) is 11.7 Å². The normalized spacial score (nSPS) is 11.3. The molecule has 0 amide bonds. The minimum atomic E-state index is -0.0630. The molecule has 2 heterocycles. The number of aromatic nitrogens is 3. The van der Waals surface area contributed by atoms with Crippen LogP contribution in [0.1, 0.15) is 28.1 Å². The molecule has 0 atom stereocenters. The Hall–Kier alpha value is -5.86. The highest BCUT2D eigenvalue weighted by atomic mass is 16.5. The fraction of sp³-hybridized carbons (Fsp3) is 0.0769. The van der Waals surface area contributed by atoms with Crippen molar-refractivity contribution in [1.29, 1.82) is 0 Å². The Bertz CT molecular complexity index is 2380. The van der Waals surface area contributed by atoms with E-state index in [2.05, 4.69) is 51.7 Å². The molecule has 0 bridgehead atoms. The number of nitrogens with one attached hydrogen (secondary N) is 1. The van der Waals surface area contributed by atoms with Crippen molar-refractivity contribution in [3.05, 3.63) is 148 Å². The van der Waals surface area contributed by atoms with Crippen molar-refractivity contribution in [3.63, 3.8) is 0 Å². The van der Waals surface area contributed by atoms with E-state index < -0.39 is 0 Å². The molecular formula is C39H30N3O2+. The number of hydrogen-bond donors (Lipinski definition) is 1. The van der Waals surface area contributed by atoms with Gasteiger partial charge in [-0.05, 0) is 90.0 Å². The van der Waals surface area contributed by atoms with Crippen LogP contribution >= 0.6 is 0 Å². The summed E-state index contributed by atoms with van der Waals surface area (Å²) in [4.78, 5) is 17.4.